The Morgan fingerprint density at radius 3 is 3.12 bits per heavy atom. The van der Waals surface area contributed by atoms with Gasteiger partial charge in [-0.15, -0.1) is 5.10 Å². The summed E-state index contributed by atoms with van der Waals surface area (Å²) in [6.07, 6.45) is 3.53. The molecule has 0 unspecified atom stereocenters. The topological polar surface area (TPSA) is 110 Å². The summed E-state index contributed by atoms with van der Waals surface area (Å²) in [4.78, 5) is 14.7. The Bertz CT molecular complexity index is 481. The first-order valence-corrected chi connectivity index (χ1v) is 4.57. The average molecular weight is 217 g/mol. The van der Waals surface area contributed by atoms with Crippen molar-refractivity contribution < 1.29 is 4.79 Å². The molecule has 2 aromatic rings. The number of carbonyl (C=O) groups is 1. The summed E-state index contributed by atoms with van der Waals surface area (Å²) in [6, 6.07) is 3.54. The number of tetrazole rings is 1. The van der Waals surface area contributed by atoms with Crippen LogP contribution in [0.5, 0.6) is 0 Å². The predicted molar refractivity (Wildman–Crippen MR) is 54.6 cm³/mol. The minimum Gasteiger partial charge on any atom is -0.370 e. The second-order valence-corrected chi connectivity index (χ2v) is 3.10. The normalized spacial score (nSPS) is 10.2. The number of nitrogens with one attached hydrogen (secondary N) is 1. The van der Waals surface area contributed by atoms with Crippen molar-refractivity contribution in [2.75, 3.05) is 0 Å². The number of aromatic amines is 1. The summed E-state index contributed by atoms with van der Waals surface area (Å²) in [6.45, 7) is 0. The Balaban J connectivity index is 2.17. The molecular formula is C9H9N6O. The molecule has 3 N–H and O–H groups in total. The van der Waals surface area contributed by atoms with Gasteiger partial charge < -0.3 is 5.73 Å². The zero-order valence-electron chi connectivity index (χ0n) is 8.29. The van der Waals surface area contributed by atoms with Crippen LogP contribution in [0.4, 0.5) is 0 Å². The second kappa shape index (κ2) is 4.47. The lowest BCUT2D eigenvalue weighted by molar-refractivity contribution is -0.117. The van der Waals surface area contributed by atoms with E-state index in [4.69, 9.17) is 5.73 Å². The van der Waals surface area contributed by atoms with Gasteiger partial charge in [0.25, 0.3) is 0 Å². The van der Waals surface area contributed by atoms with Crippen LogP contribution in [0.1, 0.15) is 12.0 Å². The number of hydrogen-bond donors (Lipinski definition) is 2. The number of amides is 1. The Morgan fingerprint density at radius 1 is 1.56 bits per heavy atom. The first-order valence-electron chi connectivity index (χ1n) is 4.57. The highest BCUT2D eigenvalue weighted by Crippen LogP contribution is 2.13. The van der Waals surface area contributed by atoms with Crippen LogP contribution in [0.3, 0.4) is 0 Å². The van der Waals surface area contributed by atoms with Crippen molar-refractivity contribution >= 4 is 5.91 Å². The molecule has 1 radical (unpaired) electrons. The Labute approximate surface area is 91.1 Å². The number of carbonyl (C=O) groups excluding carboxylic acids is 1. The van der Waals surface area contributed by atoms with Crippen molar-refractivity contribution in [3.05, 3.63) is 30.3 Å². The summed E-state index contributed by atoms with van der Waals surface area (Å²) in [5.74, 6) is 0.106. The van der Waals surface area contributed by atoms with E-state index in [1.165, 1.54) is 0 Å². The molecule has 1 amide bonds. The minimum atomic E-state index is -0.375. The van der Waals surface area contributed by atoms with Crippen LogP contribution >= 0.6 is 0 Å². The van der Waals surface area contributed by atoms with Crippen molar-refractivity contribution in [1.82, 2.24) is 25.6 Å². The number of aromatic nitrogens is 5. The van der Waals surface area contributed by atoms with Crippen LogP contribution in [-0.2, 0) is 4.79 Å². The van der Waals surface area contributed by atoms with Crippen LogP contribution in [0.25, 0.3) is 11.5 Å². The Hall–Kier alpha value is -2.31. The van der Waals surface area contributed by atoms with Gasteiger partial charge >= 0.3 is 0 Å². The summed E-state index contributed by atoms with van der Waals surface area (Å²) in [5.41, 5.74) is 6.51. The molecule has 81 valence electrons. The van der Waals surface area contributed by atoms with Gasteiger partial charge in [0.15, 0.2) is 5.82 Å². The summed E-state index contributed by atoms with van der Waals surface area (Å²) in [7, 11) is 0. The van der Waals surface area contributed by atoms with Crippen molar-refractivity contribution in [3.8, 4) is 11.5 Å². The maximum absolute atomic E-state index is 10.6. The molecule has 16 heavy (non-hydrogen) atoms. The maximum Gasteiger partial charge on any atom is 0.218 e. The number of H-pyrrole nitrogens is 1. The van der Waals surface area contributed by atoms with E-state index < -0.39 is 0 Å². The van der Waals surface area contributed by atoms with Crippen LogP contribution in [0.2, 0.25) is 0 Å². The molecule has 0 bridgehead atoms. The number of nitrogens with zero attached hydrogens (tertiary/aromatic N) is 4. The standard InChI is InChI=1S/C9H9N6O/c10-8(16)2-1-6-3-4-11-7(5-6)9-12-14-15-13-9/h1,3-5H,2H2,(H2,10,16)(H,12,13,14,15). The number of pyridine rings is 1. The predicted octanol–water partition coefficient (Wildman–Crippen LogP) is -0.311. The second-order valence-electron chi connectivity index (χ2n) is 3.10. The molecule has 7 heteroatoms. The molecule has 0 atom stereocenters. The van der Waals surface area contributed by atoms with Crippen LogP contribution in [0, 0.1) is 6.42 Å². The lowest BCUT2D eigenvalue weighted by Gasteiger charge is -2.00. The van der Waals surface area contributed by atoms with E-state index in [2.05, 4.69) is 25.6 Å². The van der Waals surface area contributed by atoms with Crippen LogP contribution < -0.4 is 5.73 Å². The van der Waals surface area contributed by atoms with Crippen molar-refractivity contribution in [3.63, 3.8) is 0 Å². The fraction of sp³-hybridized carbons (Fsp3) is 0.111. The molecule has 7 nitrogen and oxygen atoms in total. The van der Waals surface area contributed by atoms with Crippen LogP contribution in [-0.4, -0.2) is 31.5 Å². The molecule has 0 saturated carbocycles. The third-order valence-electron chi connectivity index (χ3n) is 1.91. The smallest absolute Gasteiger partial charge is 0.218 e. The van der Waals surface area contributed by atoms with Gasteiger partial charge in [0.05, 0.1) is 0 Å². The molecule has 0 saturated heterocycles. The minimum absolute atomic E-state index is 0.193. The quantitative estimate of drug-likeness (QED) is 0.729. The van der Waals surface area contributed by atoms with Gasteiger partial charge in [-0.05, 0) is 28.1 Å². The molecule has 0 aliphatic carbocycles. The molecule has 0 aliphatic heterocycles. The fourth-order valence-corrected chi connectivity index (χ4v) is 1.19. The molecule has 0 fully saturated rings. The summed E-state index contributed by atoms with van der Waals surface area (Å²) < 4.78 is 0. The average Bonchev–Trinajstić information content (AvgIpc) is 2.80. The molecular weight excluding hydrogens is 208 g/mol. The van der Waals surface area contributed by atoms with Gasteiger partial charge in [-0.1, -0.05) is 0 Å². The van der Waals surface area contributed by atoms with Crippen LogP contribution in [0.15, 0.2) is 18.3 Å². The van der Waals surface area contributed by atoms with E-state index in [0.717, 1.165) is 5.56 Å². The molecule has 2 rings (SSSR count). The maximum atomic E-state index is 10.6. The first kappa shape index (κ1) is 10.2. The van der Waals surface area contributed by atoms with Gasteiger partial charge in [0.2, 0.25) is 5.91 Å². The number of nitrogens with two attached hydrogens (primary N) is 1. The van der Waals surface area contributed by atoms with E-state index >= 15 is 0 Å². The molecule has 0 aromatic carbocycles. The highest BCUT2D eigenvalue weighted by atomic mass is 16.1. The van der Waals surface area contributed by atoms with Gasteiger partial charge in [-0.2, -0.15) is 0 Å². The van der Waals surface area contributed by atoms with Gasteiger partial charge in [-0.3, -0.25) is 9.78 Å². The zero-order valence-corrected chi connectivity index (χ0v) is 8.29. The lowest BCUT2D eigenvalue weighted by atomic mass is 10.1. The summed E-state index contributed by atoms with van der Waals surface area (Å²) >= 11 is 0. The van der Waals surface area contributed by atoms with Crippen molar-refractivity contribution in [2.24, 2.45) is 5.73 Å². The van der Waals surface area contributed by atoms with Gasteiger partial charge in [0.1, 0.15) is 5.69 Å². The third kappa shape index (κ3) is 2.38. The zero-order chi connectivity index (χ0) is 11.4. The summed E-state index contributed by atoms with van der Waals surface area (Å²) in [5, 5.41) is 13.3. The van der Waals surface area contributed by atoms with Crippen molar-refractivity contribution in [1.29, 1.82) is 0 Å². The van der Waals surface area contributed by atoms with E-state index in [1.807, 2.05) is 0 Å². The largest absolute Gasteiger partial charge is 0.370 e. The Kier molecular flexibility index (Phi) is 2.86. The van der Waals surface area contributed by atoms with E-state index in [-0.39, 0.29) is 12.3 Å². The van der Waals surface area contributed by atoms with E-state index in [1.54, 1.807) is 24.8 Å². The van der Waals surface area contributed by atoms with E-state index in [9.17, 15) is 4.79 Å². The Morgan fingerprint density at radius 2 is 2.44 bits per heavy atom. The molecule has 2 aromatic heterocycles. The molecule has 0 spiro atoms. The van der Waals surface area contributed by atoms with Gasteiger partial charge in [0, 0.05) is 19.0 Å². The molecule has 2 heterocycles. The number of hydrogen-bond acceptors (Lipinski definition) is 5. The molecule has 0 aliphatic rings. The lowest BCUT2D eigenvalue weighted by Crippen LogP contribution is -2.10. The van der Waals surface area contributed by atoms with Gasteiger partial charge in [-0.25, -0.2) is 5.10 Å². The highest BCUT2D eigenvalue weighted by Gasteiger charge is 2.05. The first-order chi connectivity index (χ1) is 7.75. The highest BCUT2D eigenvalue weighted by molar-refractivity contribution is 5.75. The third-order valence-corrected chi connectivity index (χ3v) is 1.91. The fourth-order valence-electron chi connectivity index (χ4n) is 1.19. The van der Waals surface area contributed by atoms with E-state index in [0.29, 0.717) is 11.5 Å². The number of rotatable bonds is 4. The number of primary amides is 1. The van der Waals surface area contributed by atoms with Crippen molar-refractivity contribution in [2.45, 2.75) is 6.42 Å². The monoisotopic (exact) mass is 217 g/mol. The SMILES string of the molecule is NC(=O)C[CH]c1ccnc(-c2nnn[nH]2)c1.